The SMILES string of the molecule is Cc1cc(Sc2ncnc3nc[nH]c23)ncc1Br. The maximum atomic E-state index is 4.35. The van der Waals surface area contributed by atoms with E-state index >= 15 is 0 Å². The van der Waals surface area contributed by atoms with E-state index in [1.54, 1.807) is 12.5 Å². The number of H-pyrrole nitrogens is 1. The Morgan fingerprint density at radius 1 is 1.22 bits per heavy atom. The van der Waals surface area contributed by atoms with Crippen molar-refractivity contribution in [3.63, 3.8) is 0 Å². The molecule has 3 rings (SSSR count). The normalized spacial score (nSPS) is 11.0. The molecule has 3 aromatic rings. The van der Waals surface area contributed by atoms with Crippen LogP contribution < -0.4 is 0 Å². The van der Waals surface area contributed by atoms with Gasteiger partial charge >= 0.3 is 0 Å². The number of nitrogens with one attached hydrogen (secondary N) is 1. The number of halogens is 1. The average Bonchev–Trinajstić information content (AvgIpc) is 2.83. The van der Waals surface area contributed by atoms with Crippen molar-refractivity contribution in [1.29, 1.82) is 0 Å². The summed E-state index contributed by atoms with van der Waals surface area (Å²) < 4.78 is 1.00. The molecule has 0 saturated carbocycles. The van der Waals surface area contributed by atoms with Crippen molar-refractivity contribution in [2.45, 2.75) is 17.0 Å². The van der Waals surface area contributed by atoms with Crippen LogP contribution in [0.25, 0.3) is 11.2 Å². The molecule has 0 unspecified atom stereocenters. The number of hydrogen-bond acceptors (Lipinski definition) is 5. The molecule has 0 aliphatic rings. The van der Waals surface area contributed by atoms with Crippen molar-refractivity contribution >= 4 is 38.9 Å². The molecule has 0 saturated heterocycles. The maximum absolute atomic E-state index is 4.35. The van der Waals surface area contributed by atoms with Gasteiger partial charge < -0.3 is 4.98 Å². The van der Waals surface area contributed by atoms with E-state index in [-0.39, 0.29) is 0 Å². The number of aromatic nitrogens is 5. The van der Waals surface area contributed by atoms with Gasteiger partial charge in [-0.3, -0.25) is 0 Å². The van der Waals surface area contributed by atoms with Gasteiger partial charge in [0.05, 0.1) is 6.33 Å². The molecule has 1 N–H and O–H groups in total. The predicted octanol–water partition coefficient (Wildman–Crippen LogP) is 2.97. The van der Waals surface area contributed by atoms with Crippen molar-refractivity contribution in [2.75, 3.05) is 0 Å². The molecule has 0 amide bonds. The van der Waals surface area contributed by atoms with Gasteiger partial charge in [0.25, 0.3) is 0 Å². The van der Waals surface area contributed by atoms with Crippen LogP contribution in [-0.4, -0.2) is 24.9 Å². The molecule has 0 atom stereocenters. The second-order valence-corrected chi connectivity index (χ2v) is 5.52. The Hall–Kier alpha value is -1.47. The third-order valence-electron chi connectivity index (χ3n) is 2.41. The number of rotatable bonds is 2. The highest BCUT2D eigenvalue weighted by atomic mass is 79.9. The highest BCUT2D eigenvalue weighted by Crippen LogP contribution is 2.29. The molecule has 0 radical (unpaired) electrons. The van der Waals surface area contributed by atoms with Crippen LogP contribution >= 0.6 is 27.7 Å². The Morgan fingerprint density at radius 3 is 2.94 bits per heavy atom. The molecule has 0 aromatic carbocycles. The number of pyridine rings is 1. The van der Waals surface area contributed by atoms with Crippen molar-refractivity contribution in [3.05, 3.63) is 35.0 Å². The number of imidazole rings is 1. The lowest BCUT2D eigenvalue weighted by atomic mass is 10.3. The fraction of sp³-hybridized carbons (Fsp3) is 0.0909. The number of fused-ring (bicyclic) bond motifs is 1. The minimum Gasteiger partial charge on any atom is -0.341 e. The number of aryl methyl sites for hydroxylation is 1. The van der Waals surface area contributed by atoms with Crippen LogP contribution in [0.5, 0.6) is 0 Å². The molecule has 90 valence electrons. The van der Waals surface area contributed by atoms with Gasteiger partial charge in [0.15, 0.2) is 5.65 Å². The minimum absolute atomic E-state index is 0.668. The van der Waals surface area contributed by atoms with E-state index in [1.165, 1.54) is 18.1 Å². The summed E-state index contributed by atoms with van der Waals surface area (Å²) in [5.41, 5.74) is 2.65. The van der Waals surface area contributed by atoms with Crippen molar-refractivity contribution in [1.82, 2.24) is 24.9 Å². The Balaban J connectivity index is 2.01. The monoisotopic (exact) mass is 321 g/mol. The smallest absolute Gasteiger partial charge is 0.181 e. The van der Waals surface area contributed by atoms with E-state index in [0.29, 0.717) is 5.65 Å². The van der Waals surface area contributed by atoms with Crippen LogP contribution in [0.15, 0.2) is 39.4 Å². The maximum Gasteiger partial charge on any atom is 0.181 e. The zero-order valence-corrected chi connectivity index (χ0v) is 11.8. The molecule has 0 aliphatic heterocycles. The topological polar surface area (TPSA) is 67.3 Å². The van der Waals surface area contributed by atoms with Gasteiger partial charge in [0.1, 0.15) is 21.9 Å². The molecular formula is C11H8BrN5S. The van der Waals surface area contributed by atoms with Crippen molar-refractivity contribution in [2.24, 2.45) is 0 Å². The summed E-state index contributed by atoms with van der Waals surface area (Å²) in [6, 6.07) is 2.01. The first-order valence-electron chi connectivity index (χ1n) is 5.18. The van der Waals surface area contributed by atoms with E-state index in [4.69, 9.17) is 0 Å². The summed E-state index contributed by atoms with van der Waals surface area (Å²) in [7, 11) is 0. The standard InChI is InChI=1S/C11H8BrN5S/c1-6-2-8(13-3-7(6)12)18-11-9-10(15-4-14-9)16-5-17-11/h2-5H,1H3,(H,14,15,16,17). The van der Waals surface area contributed by atoms with E-state index < -0.39 is 0 Å². The lowest BCUT2D eigenvalue weighted by Gasteiger charge is -2.03. The fourth-order valence-electron chi connectivity index (χ4n) is 1.49. The predicted molar refractivity (Wildman–Crippen MR) is 72.5 cm³/mol. The zero-order valence-electron chi connectivity index (χ0n) is 9.38. The molecule has 0 bridgehead atoms. The van der Waals surface area contributed by atoms with Crippen molar-refractivity contribution in [3.8, 4) is 0 Å². The van der Waals surface area contributed by atoms with Crippen LogP contribution in [0.1, 0.15) is 5.56 Å². The lowest BCUT2D eigenvalue weighted by molar-refractivity contribution is 1.06. The lowest BCUT2D eigenvalue weighted by Crippen LogP contribution is -1.88. The first-order valence-corrected chi connectivity index (χ1v) is 6.79. The van der Waals surface area contributed by atoms with Gasteiger partial charge in [0, 0.05) is 10.7 Å². The highest BCUT2D eigenvalue weighted by molar-refractivity contribution is 9.10. The number of aromatic amines is 1. The molecule has 3 heterocycles. The Labute approximate surface area is 116 Å². The third kappa shape index (κ3) is 2.11. The van der Waals surface area contributed by atoms with E-state index in [9.17, 15) is 0 Å². The van der Waals surface area contributed by atoms with Gasteiger partial charge in [-0.25, -0.2) is 19.9 Å². The quantitative estimate of drug-likeness (QED) is 0.735. The second-order valence-electron chi connectivity index (χ2n) is 3.65. The summed E-state index contributed by atoms with van der Waals surface area (Å²) in [6.07, 6.45) is 4.92. The van der Waals surface area contributed by atoms with Gasteiger partial charge in [-0.05, 0) is 46.2 Å². The summed E-state index contributed by atoms with van der Waals surface area (Å²) in [4.78, 5) is 19.8. The Kier molecular flexibility index (Phi) is 3.00. The zero-order chi connectivity index (χ0) is 12.5. The summed E-state index contributed by atoms with van der Waals surface area (Å²) in [5, 5.41) is 1.72. The second kappa shape index (κ2) is 4.66. The third-order valence-corrected chi connectivity index (χ3v) is 4.18. The molecule has 7 heteroatoms. The van der Waals surface area contributed by atoms with E-state index in [1.807, 2.05) is 13.0 Å². The molecule has 0 aliphatic carbocycles. The van der Waals surface area contributed by atoms with E-state index in [2.05, 4.69) is 40.8 Å². The van der Waals surface area contributed by atoms with Crippen LogP contribution in [0.2, 0.25) is 0 Å². The van der Waals surface area contributed by atoms with Crippen LogP contribution in [0.3, 0.4) is 0 Å². The number of hydrogen-bond donors (Lipinski definition) is 1. The molecule has 18 heavy (non-hydrogen) atoms. The highest BCUT2D eigenvalue weighted by Gasteiger charge is 2.09. The molecular weight excluding hydrogens is 314 g/mol. The Morgan fingerprint density at radius 2 is 2.11 bits per heavy atom. The molecule has 5 nitrogen and oxygen atoms in total. The largest absolute Gasteiger partial charge is 0.341 e. The van der Waals surface area contributed by atoms with Crippen LogP contribution in [0.4, 0.5) is 0 Å². The molecule has 0 fully saturated rings. The van der Waals surface area contributed by atoms with Crippen LogP contribution in [0, 0.1) is 6.92 Å². The summed E-state index contributed by atoms with van der Waals surface area (Å²) in [5.74, 6) is 0. The van der Waals surface area contributed by atoms with Gasteiger partial charge in [-0.15, -0.1) is 0 Å². The summed E-state index contributed by atoms with van der Waals surface area (Å²) >= 11 is 4.93. The minimum atomic E-state index is 0.668. The Bertz CT molecular complexity index is 711. The molecule has 3 aromatic heterocycles. The van der Waals surface area contributed by atoms with Gasteiger partial charge in [-0.1, -0.05) is 0 Å². The fourth-order valence-corrected chi connectivity index (χ4v) is 2.60. The first-order chi connectivity index (χ1) is 8.74. The number of nitrogens with zero attached hydrogens (tertiary/aromatic N) is 4. The van der Waals surface area contributed by atoms with E-state index in [0.717, 1.165) is 25.6 Å². The average molecular weight is 322 g/mol. The molecule has 0 spiro atoms. The first kappa shape index (κ1) is 11.6. The van der Waals surface area contributed by atoms with Crippen molar-refractivity contribution < 1.29 is 0 Å². The van der Waals surface area contributed by atoms with Gasteiger partial charge in [0.2, 0.25) is 0 Å². The summed E-state index contributed by atoms with van der Waals surface area (Å²) in [6.45, 7) is 2.03. The van der Waals surface area contributed by atoms with Gasteiger partial charge in [-0.2, -0.15) is 0 Å². The van der Waals surface area contributed by atoms with Crippen LogP contribution in [-0.2, 0) is 0 Å².